The highest BCUT2D eigenvalue weighted by Crippen LogP contribution is 2.36. The molecular weight excluding hydrogens is 208 g/mol. The van der Waals surface area contributed by atoms with Crippen LogP contribution in [0.5, 0.6) is 0 Å². The van der Waals surface area contributed by atoms with Crippen molar-refractivity contribution in [3.05, 3.63) is 12.3 Å². The van der Waals surface area contributed by atoms with Crippen LogP contribution in [-0.2, 0) is 20.8 Å². The minimum Gasteiger partial charge on any atom is -0.614 e. The van der Waals surface area contributed by atoms with E-state index in [1.165, 1.54) is 6.20 Å². The molecule has 1 fully saturated rings. The van der Waals surface area contributed by atoms with E-state index in [-0.39, 0.29) is 5.75 Å². The molecule has 14 heavy (non-hydrogen) atoms. The third-order valence-electron chi connectivity index (χ3n) is 2.36. The van der Waals surface area contributed by atoms with E-state index in [9.17, 15) is 14.1 Å². The monoisotopic (exact) mass is 216 g/mol. The number of carbonyl (C=O) groups is 2. The van der Waals surface area contributed by atoms with Crippen molar-refractivity contribution in [1.82, 2.24) is 4.90 Å². The molecule has 0 aromatic carbocycles. The smallest absolute Gasteiger partial charge is 0.341 e. The Morgan fingerprint density at radius 1 is 1.86 bits per heavy atom. The first-order chi connectivity index (χ1) is 6.49. The van der Waals surface area contributed by atoms with Gasteiger partial charge in [0, 0.05) is 6.20 Å². The number of hydrogen-bond donors (Lipinski definition) is 2. The topological polar surface area (TPSA) is 107 Å². The second kappa shape index (κ2) is 2.72. The lowest BCUT2D eigenvalue weighted by molar-refractivity contribution is -0.164. The van der Waals surface area contributed by atoms with Gasteiger partial charge in [-0.3, -0.25) is 9.69 Å². The second-order valence-corrected chi connectivity index (χ2v) is 4.71. The normalized spacial score (nSPS) is 40.4. The fourth-order valence-corrected chi connectivity index (χ4v) is 3.09. The number of carboxylic acids is 1. The summed E-state index contributed by atoms with van der Waals surface area (Å²) < 4.78 is 11.4. The van der Waals surface area contributed by atoms with E-state index < -0.39 is 34.0 Å². The lowest BCUT2D eigenvalue weighted by atomic mass is 9.89. The van der Waals surface area contributed by atoms with Gasteiger partial charge in [0.25, 0.3) is 11.4 Å². The Labute approximate surface area is 82.5 Å². The maximum atomic E-state index is 11.4. The molecule has 0 bridgehead atoms. The quantitative estimate of drug-likeness (QED) is 0.306. The summed E-state index contributed by atoms with van der Waals surface area (Å²) >= 11 is -1.43. The zero-order chi connectivity index (χ0) is 10.5. The average Bonchev–Trinajstić information content (AvgIpc) is 2.15. The Balaban J connectivity index is 2.37. The van der Waals surface area contributed by atoms with Crippen LogP contribution in [0, 0.1) is 0 Å². The van der Waals surface area contributed by atoms with Gasteiger partial charge in [-0.15, -0.1) is 0 Å². The van der Waals surface area contributed by atoms with Crippen molar-refractivity contribution in [3.63, 3.8) is 0 Å². The van der Waals surface area contributed by atoms with Crippen LogP contribution in [0.2, 0.25) is 0 Å². The predicted octanol–water partition coefficient (Wildman–Crippen LogP) is -1.79. The number of carbonyl (C=O) groups excluding carboxylic acids is 1. The van der Waals surface area contributed by atoms with Crippen LogP contribution in [-0.4, -0.2) is 43.1 Å². The van der Waals surface area contributed by atoms with Gasteiger partial charge in [-0.1, -0.05) is 0 Å². The molecule has 2 heterocycles. The third-order valence-corrected chi connectivity index (χ3v) is 3.98. The number of rotatable bonds is 1. The summed E-state index contributed by atoms with van der Waals surface area (Å²) in [4.78, 5) is 23.2. The maximum absolute atomic E-state index is 11.4. The van der Waals surface area contributed by atoms with Crippen LogP contribution in [0.15, 0.2) is 12.3 Å². The van der Waals surface area contributed by atoms with E-state index >= 15 is 0 Å². The van der Waals surface area contributed by atoms with E-state index in [0.29, 0.717) is 0 Å². The Bertz CT molecular complexity index is 345. The highest BCUT2D eigenvalue weighted by molar-refractivity contribution is 7.92. The molecule has 0 saturated carbocycles. The molecule has 0 aromatic rings. The number of nitrogens with zero attached hydrogens (tertiary/aromatic N) is 1. The molecule has 2 aliphatic heterocycles. The lowest BCUT2D eigenvalue weighted by Gasteiger charge is -2.49. The third kappa shape index (κ3) is 0.887. The summed E-state index contributed by atoms with van der Waals surface area (Å²) in [5.41, 5.74) is 3.41. The fourth-order valence-electron chi connectivity index (χ4n) is 1.60. The molecule has 6 nitrogen and oxygen atoms in total. The van der Waals surface area contributed by atoms with Crippen molar-refractivity contribution in [2.45, 2.75) is 10.9 Å². The molecule has 76 valence electrons. The van der Waals surface area contributed by atoms with Crippen LogP contribution in [0.4, 0.5) is 0 Å². The average molecular weight is 216 g/mol. The van der Waals surface area contributed by atoms with Gasteiger partial charge >= 0.3 is 5.97 Å². The number of amides is 1. The first kappa shape index (κ1) is 9.50. The second-order valence-electron chi connectivity index (χ2n) is 3.17. The van der Waals surface area contributed by atoms with Gasteiger partial charge in [0.05, 0.1) is 0 Å². The van der Waals surface area contributed by atoms with Gasteiger partial charge < -0.3 is 15.4 Å². The number of β-lactam (4-membered cyclic amide) rings is 1. The summed E-state index contributed by atoms with van der Waals surface area (Å²) in [5, 5.41) is 7.87. The van der Waals surface area contributed by atoms with Crippen LogP contribution in [0.3, 0.4) is 0 Å². The van der Waals surface area contributed by atoms with Crippen LogP contribution < -0.4 is 5.73 Å². The molecule has 0 radical (unpaired) electrons. The Kier molecular flexibility index (Phi) is 1.85. The van der Waals surface area contributed by atoms with E-state index in [1.807, 2.05) is 0 Å². The molecular formula is C7H8N2O4S. The van der Waals surface area contributed by atoms with E-state index in [0.717, 1.165) is 4.90 Å². The van der Waals surface area contributed by atoms with Gasteiger partial charge in [-0.25, -0.2) is 4.79 Å². The summed E-state index contributed by atoms with van der Waals surface area (Å²) in [5.74, 6) is -1.90. The zero-order valence-electron chi connectivity index (χ0n) is 7.04. The van der Waals surface area contributed by atoms with Gasteiger partial charge in [0.1, 0.15) is 5.75 Å². The number of aliphatic carboxylic acids is 1. The predicted molar refractivity (Wildman–Crippen MR) is 47.3 cm³/mol. The van der Waals surface area contributed by atoms with Crippen molar-refractivity contribution in [2.75, 3.05) is 5.75 Å². The zero-order valence-corrected chi connectivity index (χ0v) is 7.86. The standard InChI is InChI=1S/C7H8N2O4S/c8-7(6(11)12)4(10)9-2-1-3-14(13)5(7)9/h1-2,5H,3,8H2,(H,11,12)/t5-,7?,14?/m0/s1. The molecule has 2 aliphatic rings. The van der Waals surface area contributed by atoms with Gasteiger partial charge in [0.15, 0.2) is 0 Å². The largest absolute Gasteiger partial charge is 0.614 e. The van der Waals surface area contributed by atoms with Crippen molar-refractivity contribution in [3.8, 4) is 0 Å². The van der Waals surface area contributed by atoms with Crippen molar-refractivity contribution in [1.29, 1.82) is 0 Å². The number of hydrogen-bond acceptors (Lipinski definition) is 4. The maximum Gasteiger partial charge on any atom is 0.341 e. The summed E-state index contributed by atoms with van der Waals surface area (Å²) in [7, 11) is 0. The molecule has 0 spiro atoms. The molecule has 3 N–H and O–H groups in total. The van der Waals surface area contributed by atoms with Crippen molar-refractivity contribution < 1.29 is 19.2 Å². The lowest BCUT2D eigenvalue weighted by Crippen LogP contribution is -2.82. The number of carboxylic acid groups (broad SMARTS) is 1. The van der Waals surface area contributed by atoms with Crippen molar-refractivity contribution >= 4 is 23.1 Å². The Morgan fingerprint density at radius 3 is 3.07 bits per heavy atom. The van der Waals surface area contributed by atoms with Crippen LogP contribution in [0.25, 0.3) is 0 Å². The van der Waals surface area contributed by atoms with Crippen molar-refractivity contribution in [2.24, 2.45) is 5.73 Å². The minimum atomic E-state index is -2.00. The molecule has 1 amide bonds. The van der Waals surface area contributed by atoms with Gasteiger partial charge in [-0.2, -0.15) is 0 Å². The number of nitrogens with two attached hydrogens (primary N) is 1. The molecule has 0 aliphatic carbocycles. The first-order valence-corrected chi connectivity index (χ1v) is 5.26. The minimum absolute atomic E-state index is 0.237. The highest BCUT2D eigenvalue weighted by atomic mass is 32.2. The summed E-state index contributed by atoms with van der Waals surface area (Å²) in [6.45, 7) is 0. The SMILES string of the molecule is NC1(C(=O)O)C(=O)N2C=CC[S+]([O-])[C@H]21. The number of fused-ring (bicyclic) bond motifs is 1. The molecule has 2 unspecified atom stereocenters. The molecule has 2 rings (SSSR count). The van der Waals surface area contributed by atoms with Crippen LogP contribution in [0.1, 0.15) is 0 Å². The first-order valence-electron chi connectivity index (χ1n) is 3.88. The molecule has 0 aromatic heterocycles. The molecule has 1 saturated heterocycles. The fraction of sp³-hybridized carbons (Fsp3) is 0.429. The highest BCUT2D eigenvalue weighted by Gasteiger charge is 2.70. The van der Waals surface area contributed by atoms with Crippen LogP contribution >= 0.6 is 0 Å². The Morgan fingerprint density at radius 2 is 2.50 bits per heavy atom. The molecule has 7 heteroatoms. The van der Waals surface area contributed by atoms with Gasteiger partial charge in [0.2, 0.25) is 5.37 Å². The molecule has 3 atom stereocenters. The van der Waals surface area contributed by atoms with E-state index in [4.69, 9.17) is 10.8 Å². The van der Waals surface area contributed by atoms with Gasteiger partial charge in [-0.05, 0) is 17.3 Å². The van der Waals surface area contributed by atoms with E-state index in [1.54, 1.807) is 6.08 Å². The van der Waals surface area contributed by atoms with E-state index in [2.05, 4.69) is 0 Å². The summed E-state index contributed by atoms with van der Waals surface area (Å²) in [6.07, 6.45) is 2.99. The Hall–Kier alpha value is -1.05. The summed E-state index contributed by atoms with van der Waals surface area (Å²) in [6, 6.07) is 0.